The highest BCUT2D eigenvalue weighted by Crippen LogP contribution is 2.37. The van der Waals surface area contributed by atoms with Crippen molar-refractivity contribution in [2.75, 3.05) is 73.0 Å². The number of aliphatic imine (C=N–C) groups is 3. The van der Waals surface area contributed by atoms with Crippen LogP contribution in [0.5, 0.6) is 0 Å². The normalized spacial score (nSPS) is 16.9. The summed E-state index contributed by atoms with van der Waals surface area (Å²) in [5.41, 5.74) is 11.7. The van der Waals surface area contributed by atoms with Crippen molar-refractivity contribution in [3.8, 4) is 11.3 Å². The summed E-state index contributed by atoms with van der Waals surface area (Å²) in [4.78, 5) is 35.4. The maximum atomic E-state index is 6.09. The number of morpholine rings is 2. The first-order valence-electron chi connectivity index (χ1n) is 25.7. The Labute approximate surface area is 478 Å². The van der Waals surface area contributed by atoms with Gasteiger partial charge in [0.2, 0.25) is 11.9 Å². The van der Waals surface area contributed by atoms with Gasteiger partial charge in [-0.25, -0.2) is 9.97 Å². The Kier molecular flexibility index (Phi) is 17.5. The highest BCUT2D eigenvalue weighted by Gasteiger charge is 2.51. The molecule has 3 fully saturated rings. The fourth-order valence-corrected chi connectivity index (χ4v) is 9.68. The molecule has 6 aliphatic rings. The molecule has 5 aromatic carbocycles. The van der Waals surface area contributed by atoms with Crippen molar-refractivity contribution in [2.24, 2.45) is 15.0 Å². The summed E-state index contributed by atoms with van der Waals surface area (Å²) in [7, 11) is -0.283. The average molecular weight is 1170 g/mol. The van der Waals surface area contributed by atoms with Gasteiger partial charge in [0.25, 0.3) is 0 Å². The summed E-state index contributed by atoms with van der Waals surface area (Å²) in [6, 6.07) is 37.6. The van der Waals surface area contributed by atoms with Crippen molar-refractivity contribution in [2.45, 2.75) is 58.5 Å². The summed E-state index contributed by atoms with van der Waals surface area (Å²) < 4.78 is 24.0. The number of nitrogens with zero attached hydrogens (tertiary/aromatic N) is 9. The van der Waals surface area contributed by atoms with Crippen LogP contribution < -0.4 is 25.9 Å². The van der Waals surface area contributed by atoms with Crippen molar-refractivity contribution in [3.05, 3.63) is 168 Å². The van der Waals surface area contributed by atoms with Gasteiger partial charge in [0.15, 0.2) is 0 Å². The van der Waals surface area contributed by atoms with Gasteiger partial charge >= 0.3 is 7.12 Å². The molecule has 0 amide bonds. The molecule has 15 nitrogen and oxygen atoms in total. The molecule has 3 saturated heterocycles. The van der Waals surface area contributed by atoms with E-state index in [1.54, 1.807) is 6.07 Å². The van der Waals surface area contributed by atoms with Crippen molar-refractivity contribution in [1.29, 1.82) is 0 Å². The topological polar surface area (TPSA) is 156 Å². The lowest BCUT2D eigenvalue weighted by Crippen LogP contribution is -2.41. The number of anilines is 6. The van der Waals surface area contributed by atoms with Crippen molar-refractivity contribution >= 4 is 117 Å². The zero-order chi connectivity index (χ0) is 54.2. The summed E-state index contributed by atoms with van der Waals surface area (Å²) in [6.07, 6.45) is 5.76. The standard InChI is InChI=1S/C22H20ClN5O.C14H18BNO2.C14H14Cl2N4O.C8H6BrN/c23-18-3-5-19(6-4-18)25-21-12-20(15-1-2-16-13-24-14-17(16)11-15)26-22(27-21)28-7-9-29-10-8-28;1-13(2)14(3,4)18-15(17-13)12-6-5-10-8-16-9-11(10)7-12;15-10-1-3-11(4-2-10)17-13-9-12(16)18-14(19-13)20-5-7-21-8-6-20;9-8-2-1-6-4-10-5-7(6)3-8/h1-6,11-12,14H,7-10,13H2,(H,25,26,27);5-7,9H,8H2,1-4H3;1-4,9H,5-8H2,(H,17,18,19);1-3,5H,4H2. The van der Waals surface area contributed by atoms with Crippen LogP contribution >= 0.6 is 50.7 Å². The van der Waals surface area contributed by atoms with Gasteiger partial charge in [-0.05, 0) is 133 Å². The molecule has 0 atom stereocenters. The number of benzene rings is 5. The van der Waals surface area contributed by atoms with Gasteiger partial charge in [-0.15, -0.1) is 0 Å². The molecule has 20 heteroatoms. The van der Waals surface area contributed by atoms with Crippen molar-refractivity contribution in [1.82, 2.24) is 19.9 Å². The van der Waals surface area contributed by atoms with E-state index in [0.717, 1.165) is 89.8 Å². The molecule has 0 bridgehead atoms. The zero-order valence-electron chi connectivity index (χ0n) is 43.7. The highest BCUT2D eigenvalue weighted by molar-refractivity contribution is 9.10. The molecule has 0 unspecified atom stereocenters. The largest absolute Gasteiger partial charge is 0.494 e. The van der Waals surface area contributed by atoms with Gasteiger partial charge in [-0.2, -0.15) is 9.97 Å². The van der Waals surface area contributed by atoms with Crippen LogP contribution in [0, 0.1) is 0 Å². The number of aromatic nitrogens is 4. The molecule has 2 aromatic heterocycles. The van der Waals surface area contributed by atoms with Gasteiger partial charge in [0.1, 0.15) is 16.8 Å². The molecule has 6 aliphatic heterocycles. The third-order valence-electron chi connectivity index (χ3n) is 13.9. The highest BCUT2D eigenvalue weighted by atomic mass is 79.9. The number of rotatable bonds is 8. The number of fused-ring (bicyclic) bond motifs is 3. The maximum absolute atomic E-state index is 6.09. The Balaban J connectivity index is 0.000000124. The Bertz CT molecular complexity index is 3320. The fourth-order valence-electron chi connectivity index (χ4n) is 8.87. The minimum absolute atomic E-state index is 0.283. The van der Waals surface area contributed by atoms with Gasteiger partial charge in [0, 0.05) is 88.4 Å². The molecule has 0 saturated carbocycles. The van der Waals surface area contributed by atoms with E-state index in [-0.39, 0.29) is 18.3 Å². The minimum Gasteiger partial charge on any atom is -0.399 e. The van der Waals surface area contributed by atoms with E-state index in [0.29, 0.717) is 59.3 Å². The van der Waals surface area contributed by atoms with Gasteiger partial charge in [-0.1, -0.05) is 87.1 Å². The predicted molar refractivity (Wildman–Crippen MR) is 320 cm³/mol. The van der Waals surface area contributed by atoms with Crippen molar-refractivity contribution < 1.29 is 18.8 Å². The molecule has 8 heterocycles. The molecule has 78 heavy (non-hydrogen) atoms. The lowest BCUT2D eigenvalue weighted by atomic mass is 9.78. The van der Waals surface area contributed by atoms with E-state index in [2.05, 4.69) is 138 Å². The molecular formula is C58H58BBrCl3N11O4. The summed E-state index contributed by atoms with van der Waals surface area (Å²) >= 11 is 21.4. The molecule has 0 radical (unpaired) electrons. The number of nitrogens with one attached hydrogen (secondary N) is 2. The third-order valence-corrected chi connectivity index (χ3v) is 15.1. The maximum Gasteiger partial charge on any atom is 0.494 e. The second kappa shape index (κ2) is 24.8. The number of hydrogen-bond acceptors (Lipinski definition) is 15. The first kappa shape index (κ1) is 55.1. The number of ether oxygens (including phenoxy) is 2. The Morgan fingerprint density at radius 1 is 0.513 bits per heavy atom. The van der Waals surface area contributed by atoms with E-state index >= 15 is 0 Å². The van der Waals surface area contributed by atoms with Crippen LogP contribution in [-0.2, 0) is 38.4 Å². The molecule has 400 valence electrons. The van der Waals surface area contributed by atoms with Gasteiger partial charge in [0.05, 0.1) is 63.0 Å². The van der Waals surface area contributed by atoms with Crippen LogP contribution in [0.3, 0.4) is 0 Å². The minimum atomic E-state index is -0.287. The van der Waals surface area contributed by atoms with E-state index < -0.39 is 0 Å². The monoisotopic (exact) mass is 1170 g/mol. The molecule has 2 N–H and O–H groups in total. The Hall–Kier alpha value is -6.28. The molecule has 7 aromatic rings. The van der Waals surface area contributed by atoms with Gasteiger partial charge < -0.3 is 39.2 Å². The fraction of sp³-hybridized carbons (Fsp3) is 0.293. The first-order valence-corrected chi connectivity index (χ1v) is 27.7. The molecule has 0 aliphatic carbocycles. The third kappa shape index (κ3) is 13.9. The van der Waals surface area contributed by atoms with E-state index in [1.165, 1.54) is 27.8 Å². The molecule has 13 rings (SSSR count). The number of halogens is 4. The van der Waals surface area contributed by atoms with Crippen LogP contribution in [0.2, 0.25) is 15.2 Å². The smallest absolute Gasteiger partial charge is 0.399 e. The van der Waals surface area contributed by atoms with E-state index in [4.69, 9.17) is 63.6 Å². The first-order chi connectivity index (χ1) is 37.7. The average Bonchev–Trinajstić information content (AvgIpc) is 4.30. The van der Waals surface area contributed by atoms with Crippen LogP contribution in [0.15, 0.2) is 135 Å². The Morgan fingerprint density at radius 3 is 1.51 bits per heavy atom. The SMILES string of the molecule is Brc1ccc2c(c1)C=NC2.CC1(C)OB(c2ccc3c(c2)C=NC3)OC1(C)C.Clc1ccc(Nc2cc(-c3ccc4c(c3)C=NC4)nc(N3CCOCC3)n2)cc1.Clc1ccc(Nc2cc(Cl)nc(N3CCOCC3)n2)cc1. The quantitative estimate of drug-likeness (QED) is 0.110. The summed E-state index contributed by atoms with van der Waals surface area (Å²) in [5, 5.41) is 8.38. The van der Waals surface area contributed by atoms with Crippen LogP contribution in [0.25, 0.3) is 11.3 Å². The lowest BCUT2D eigenvalue weighted by Gasteiger charge is -2.32. The predicted octanol–water partition coefficient (Wildman–Crippen LogP) is 12.0. The lowest BCUT2D eigenvalue weighted by molar-refractivity contribution is 0.00578. The molecule has 0 spiro atoms. The Morgan fingerprint density at radius 2 is 0.974 bits per heavy atom. The summed E-state index contributed by atoms with van der Waals surface area (Å²) in [5.74, 6) is 2.71. The number of hydrogen-bond donors (Lipinski definition) is 2. The van der Waals surface area contributed by atoms with Crippen LogP contribution in [-0.4, -0.2) is 110 Å². The summed E-state index contributed by atoms with van der Waals surface area (Å²) in [6.45, 7) is 16.5. The van der Waals surface area contributed by atoms with Crippen LogP contribution in [0.4, 0.5) is 34.9 Å². The zero-order valence-corrected chi connectivity index (χ0v) is 47.6. The van der Waals surface area contributed by atoms with Crippen LogP contribution in [0.1, 0.15) is 61.1 Å². The second-order valence-electron chi connectivity index (χ2n) is 20.0. The van der Waals surface area contributed by atoms with E-state index in [9.17, 15) is 0 Å². The second-order valence-corrected chi connectivity index (χ2v) is 22.2. The van der Waals surface area contributed by atoms with Gasteiger partial charge in [-0.3, -0.25) is 15.0 Å². The van der Waals surface area contributed by atoms with E-state index in [1.807, 2.05) is 79.3 Å². The molecular weight excluding hydrogens is 1110 g/mol. The van der Waals surface area contributed by atoms with Crippen molar-refractivity contribution in [3.63, 3.8) is 0 Å².